The van der Waals surface area contributed by atoms with Gasteiger partial charge in [-0.2, -0.15) is 0 Å². The van der Waals surface area contributed by atoms with Gasteiger partial charge in [-0.1, -0.05) is 0 Å². The molecule has 1 aromatic carbocycles. The number of amides is 1. The zero-order valence-electron chi connectivity index (χ0n) is 9.83. The maximum atomic E-state index is 13.3. The third-order valence-corrected chi connectivity index (χ3v) is 2.09. The van der Waals surface area contributed by atoms with E-state index in [1.165, 1.54) is 7.11 Å². The van der Waals surface area contributed by atoms with Crippen molar-refractivity contribution in [2.24, 2.45) is 5.73 Å². The molecular weight excluding hydrogens is 266 g/mol. The third kappa shape index (κ3) is 4.46. The molecule has 0 saturated carbocycles. The van der Waals surface area contributed by atoms with Gasteiger partial charge in [-0.15, -0.1) is 12.4 Å². The van der Waals surface area contributed by atoms with E-state index in [1.54, 1.807) is 0 Å². The van der Waals surface area contributed by atoms with Crippen LogP contribution >= 0.6 is 12.4 Å². The van der Waals surface area contributed by atoms with Crippen molar-refractivity contribution in [3.63, 3.8) is 0 Å². The highest BCUT2D eigenvalue weighted by atomic mass is 35.5. The first-order valence-corrected chi connectivity index (χ1v) is 5.11. The Morgan fingerprint density at radius 3 is 2.39 bits per heavy atom. The molecule has 0 spiro atoms. The predicted octanol–water partition coefficient (Wildman–Crippen LogP) is 2.07. The second kappa shape index (κ2) is 7.84. The second-order valence-electron chi connectivity index (χ2n) is 3.41. The molecule has 0 aliphatic heterocycles. The molecule has 3 N–H and O–H groups in total. The van der Waals surface area contributed by atoms with E-state index < -0.39 is 17.4 Å². The molecule has 102 valence electrons. The number of ether oxygens (including phenoxy) is 1. The summed E-state index contributed by atoms with van der Waals surface area (Å²) in [5, 5.41) is 2.38. The van der Waals surface area contributed by atoms with Crippen molar-refractivity contribution in [1.29, 1.82) is 0 Å². The van der Waals surface area contributed by atoms with Gasteiger partial charge in [0.1, 0.15) is 0 Å². The van der Waals surface area contributed by atoms with Crippen LogP contribution in [0.3, 0.4) is 0 Å². The maximum Gasteiger partial charge on any atom is 0.224 e. The summed E-state index contributed by atoms with van der Waals surface area (Å²) in [5.74, 6) is -2.52. The van der Waals surface area contributed by atoms with Crippen molar-refractivity contribution in [2.75, 3.05) is 19.0 Å². The van der Waals surface area contributed by atoms with Crippen LogP contribution in [0.1, 0.15) is 12.8 Å². The van der Waals surface area contributed by atoms with Gasteiger partial charge >= 0.3 is 0 Å². The normalized spacial score (nSPS) is 9.56. The second-order valence-corrected chi connectivity index (χ2v) is 3.41. The number of anilines is 1. The number of benzene rings is 1. The van der Waals surface area contributed by atoms with Crippen LogP contribution in [0.2, 0.25) is 0 Å². The Kier molecular flexibility index (Phi) is 7.23. The zero-order valence-corrected chi connectivity index (χ0v) is 10.7. The Morgan fingerprint density at radius 1 is 1.39 bits per heavy atom. The maximum absolute atomic E-state index is 13.3. The highest BCUT2D eigenvalue weighted by molar-refractivity contribution is 5.90. The van der Waals surface area contributed by atoms with Crippen LogP contribution in [0.15, 0.2) is 12.1 Å². The zero-order chi connectivity index (χ0) is 12.8. The lowest BCUT2D eigenvalue weighted by atomic mass is 10.2. The van der Waals surface area contributed by atoms with Crippen molar-refractivity contribution in [3.8, 4) is 5.75 Å². The molecule has 4 nitrogen and oxygen atoms in total. The third-order valence-electron chi connectivity index (χ3n) is 2.09. The summed E-state index contributed by atoms with van der Waals surface area (Å²) in [6.07, 6.45) is 0.735. The summed E-state index contributed by atoms with van der Waals surface area (Å²) in [7, 11) is 1.17. The number of hydrogen-bond acceptors (Lipinski definition) is 3. The van der Waals surface area contributed by atoms with Crippen molar-refractivity contribution in [2.45, 2.75) is 12.8 Å². The van der Waals surface area contributed by atoms with Gasteiger partial charge in [0.2, 0.25) is 5.91 Å². The molecule has 0 aliphatic rings. The van der Waals surface area contributed by atoms with Crippen LogP contribution in [0.5, 0.6) is 5.75 Å². The minimum absolute atomic E-state index is 0. The van der Waals surface area contributed by atoms with Crippen LogP contribution in [0.4, 0.5) is 14.5 Å². The average Bonchev–Trinajstić information content (AvgIpc) is 2.26. The Hall–Kier alpha value is -1.40. The Bertz CT molecular complexity index is 393. The number of nitrogens with one attached hydrogen (secondary N) is 1. The summed E-state index contributed by atoms with van der Waals surface area (Å²) < 4.78 is 31.1. The summed E-state index contributed by atoms with van der Waals surface area (Å²) in [6.45, 7) is 0.388. The van der Waals surface area contributed by atoms with E-state index in [-0.39, 0.29) is 30.4 Å². The van der Waals surface area contributed by atoms with E-state index >= 15 is 0 Å². The molecule has 0 bridgehead atoms. The minimum Gasteiger partial charge on any atom is -0.491 e. The lowest BCUT2D eigenvalue weighted by Gasteiger charge is -2.08. The van der Waals surface area contributed by atoms with Crippen LogP contribution in [0, 0.1) is 11.6 Å². The highest BCUT2D eigenvalue weighted by Crippen LogP contribution is 2.25. The van der Waals surface area contributed by atoms with E-state index in [2.05, 4.69) is 10.1 Å². The van der Waals surface area contributed by atoms with Gasteiger partial charge < -0.3 is 15.8 Å². The molecular formula is C11H15ClF2N2O2. The van der Waals surface area contributed by atoms with Crippen molar-refractivity contribution < 1.29 is 18.3 Å². The number of halogens is 3. The molecule has 0 heterocycles. The average molecular weight is 281 g/mol. The van der Waals surface area contributed by atoms with Crippen LogP contribution in [-0.2, 0) is 4.79 Å². The van der Waals surface area contributed by atoms with Crippen LogP contribution in [0.25, 0.3) is 0 Å². The van der Waals surface area contributed by atoms with E-state index in [9.17, 15) is 13.6 Å². The van der Waals surface area contributed by atoms with Crippen LogP contribution < -0.4 is 15.8 Å². The van der Waals surface area contributed by atoms with Crippen molar-refractivity contribution >= 4 is 24.0 Å². The van der Waals surface area contributed by atoms with Gasteiger partial charge in [-0.3, -0.25) is 4.79 Å². The standard InChI is InChI=1S/C11H14F2N2O2.ClH/c1-17-11-8(12)5-7(6-9(11)13)15-10(16)3-2-4-14;/h5-6H,2-4,14H2,1H3,(H,15,16);1H. The van der Waals surface area contributed by atoms with Gasteiger partial charge in [-0.05, 0) is 13.0 Å². The first-order valence-electron chi connectivity index (χ1n) is 5.11. The molecule has 1 aromatic rings. The molecule has 0 atom stereocenters. The smallest absolute Gasteiger partial charge is 0.224 e. The van der Waals surface area contributed by atoms with Gasteiger partial charge in [0.05, 0.1) is 7.11 Å². The fourth-order valence-corrected chi connectivity index (χ4v) is 1.31. The van der Waals surface area contributed by atoms with E-state index in [0.29, 0.717) is 13.0 Å². The Labute approximate surface area is 110 Å². The molecule has 0 saturated heterocycles. The fraction of sp³-hybridized carbons (Fsp3) is 0.364. The number of methoxy groups -OCH3 is 1. The number of nitrogens with two attached hydrogens (primary N) is 1. The summed E-state index contributed by atoms with van der Waals surface area (Å²) in [6, 6.07) is 2.00. The number of carbonyl (C=O) groups is 1. The molecule has 18 heavy (non-hydrogen) atoms. The molecule has 0 unspecified atom stereocenters. The molecule has 1 rings (SSSR count). The fourth-order valence-electron chi connectivity index (χ4n) is 1.31. The number of rotatable bonds is 5. The number of carbonyl (C=O) groups excluding carboxylic acids is 1. The van der Waals surface area contributed by atoms with Gasteiger partial charge in [-0.25, -0.2) is 8.78 Å². The van der Waals surface area contributed by atoms with E-state index in [1.807, 2.05) is 0 Å². The van der Waals surface area contributed by atoms with Crippen LogP contribution in [-0.4, -0.2) is 19.6 Å². The summed E-state index contributed by atoms with van der Waals surface area (Å²) >= 11 is 0. The topological polar surface area (TPSA) is 64.3 Å². The quantitative estimate of drug-likeness (QED) is 0.868. The SMILES string of the molecule is COc1c(F)cc(NC(=O)CCCN)cc1F.Cl. The minimum atomic E-state index is -0.860. The molecule has 1 amide bonds. The van der Waals surface area contributed by atoms with Gasteiger partial charge in [0.25, 0.3) is 0 Å². The van der Waals surface area contributed by atoms with Crippen molar-refractivity contribution in [3.05, 3.63) is 23.8 Å². The molecule has 0 fully saturated rings. The van der Waals surface area contributed by atoms with E-state index in [0.717, 1.165) is 12.1 Å². The lowest BCUT2D eigenvalue weighted by molar-refractivity contribution is -0.116. The molecule has 0 aromatic heterocycles. The van der Waals surface area contributed by atoms with Crippen molar-refractivity contribution in [1.82, 2.24) is 0 Å². The predicted molar refractivity (Wildman–Crippen MR) is 67.1 cm³/mol. The number of hydrogen-bond donors (Lipinski definition) is 2. The highest BCUT2D eigenvalue weighted by Gasteiger charge is 2.12. The molecule has 0 radical (unpaired) electrons. The van der Waals surface area contributed by atoms with Gasteiger partial charge in [0.15, 0.2) is 17.4 Å². The molecule has 7 heteroatoms. The first kappa shape index (κ1) is 16.6. The first-order chi connectivity index (χ1) is 8.08. The largest absolute Gasteiger partial charge is 0.491 e. The Balaban J connectivity index is 0.00000289. The van der Waals surface area contributed by atoms with E-state index in [4.69, 9.17) is 5.73 Å². The Morgan fingerprint density at radius 2 is 1.94 bits per heavy atom. The van der Waals surface area contributed by atoms with Gasteiger partial charge in [0, 0.05) is 24.2 Å². The monoisotopic (exact) mass is 280 g/mol. The lowest BCUT2D eigenvalue weighted by Crippen LogP contribution is -2.13. The summed E-state index contributed by atoms with van der Waals surface area (Å²) in [4.78, 5) is 11.3. The molecule has 0 aliphatic carbocycles. The summed E-state index contributed by atoms with van der Waals surface area (Å²) in [5.41, 5.74) is 5.30.